The Bertz CT molecular complexity index is 565. The molecule has 3 nitrogen and oxygen atoms in total. The fourth-order valence-electron chi connectivity index (χ4n) is 2.54. The summed E-state index contributed by atoms with van der Waals surface area (Å²) in [6.07, 6.45) is 10.3. The van der Waals surface area contributed by atoms with Gasteiger partial charge >= 0.3 is 0 Å². The minimum absolute atomic E-state index is 0.303. The van der Waals surface area contributed by atoms with Gasteiger partial charge in [-0.3, -0.25) is 4.98 Å². The van der Waals surface area contributed by atoms with Crippen molar-refractivity contribution < 1.29 is 5.11 Å². The SMILES string of the molecule is OC1CCCc2cn(Cc3ccncc3Cl)cc21. The van der Waals surface area contributed by atoms with E-state index in [0.717, 1.165) is 36.9 Å². The molecule has 1 atom stereocenters. The van der Waals surface area contributed by atoms with Crippen molar-refractivity contribution >= 4 is 11.6 Å². The predicted molar refractivity (Wildman–Crippen MR) is 70.7 cm³/mol. The molecule has 0 bridgehead atoms. The lowest BCUT2D eigenvalue weighted by Crippen LogP contribution is -2.05. The molecule has 1 unspecified atom stereocenters. The molecule has 0 amide bonds. The maximum Gasteiger partial charge on any atom is 0.0807 e. The van der Waals surface area contributed by atoms with Gasteiger partial charge in [-0.05, 0) is 36.5 Å². The van der Waals surface area contributed by atoms with Crippen molar-refractivity contribution in [1.82, 2.24) is 9.55 Å². The first-order chi connectivity index (χ1) is 8.74. The summed E-state index contributed by atoms with van der Waals surface area (Å²) in [5, 5.41) is 10.6. The van der Waals surface area contributed by atoms with Crippen LogP contribution in [0.3, 0.4) is 0 Å². The zero-order valence-electron chi connectivity index (χ0n) is 10.0. The quantitative estimate of drug-likeness (QED) is 0.904. The van der Waals surface area contributed by atoms with Crippen LogP contribution in [0.5, 0.6) is 0 Å². The Morgan fingerprint density at radius 3 is 3.11 bits per heavy atom. The largest absolute Gasteiger partial charge is 0.388 e. The molecule has 0 fully saturated rings. The standard InChI is InChI=1S/C14H15ClN2O/c15-13-6-16-5-4-11(13)8-17-7-10-2-1-3-14(18)12(10)9-17/h4-7,9,14,18H,1-3,8H2. The summed E-state index contributed by atoms with van der Waals surface area (Å²) >= 11 is 6.10. The molecular formula is C14H15ClN2O. The van der Waals surface area contributed by atoms with Gasteiger partial charge in [0.05, 0.1) is 11.1 Å². The summed E-state index contributed by atoms with van der Waals surface area (Å²) in [5.74, 6) is 0. The summed E-state index contributed by atoms with van der Waals surface area (Å²) in [7, 11) is 0. The molecule has 0 aromatic carbocycles. The van der Waals surface area contributed by atoms with E-state index in [1.165, 1.54) is 5.56 Å². The van der Waals surface area contributed by atoms with E-state index in [0.29, 0.717) is 5.02 Å². The van der Waals surface area contributed by atoms with Crippen molar-refractivity contribution in [2.75, 3.05) is 0 Å². The van der Waals surface area contributed by atoms with E-state index >= 15 is 0 Å². The second-order valence-electron chi connectivity index (χ2n) is 4.79. The van der Waals surface area contributed by atoms with Crippen LogP contribution in [0.25, 0.3) is 0 Å². The molecule has 0 spiro atoms. The maximum atomic E-state index is 9.95. The number of hydrogen-bond donors (Lipinski definition) is 1. The second kappa shape index (κ2) is 4.75. The van der Waals surface area contributed by atoms with Gasteiger partial charge in [0.15, 0.2) is 0 Å². The van der Waals surface area contributed by atoms with Crippen molar-refractivity contribution in [3.8, 4) is 0 Å². The summed E-state index contributed by atoms with van der Waals surface area (Å²) < 4.78 is 2.10. The fourth-order valence-corrected chi connectivity index (χ4v) is 2.72. The van der Waals surface area contributed by atoms with Crippen LogP contribution in [0, 0.1) is 0 Å². The number of aromatic nitrogens is 2. The Morgan fingerprint density at radius 2 is 2.33 bits per heavy atom. The molecule has 0 aliphatic heterocycles. The number of rotatable bonds is 2. The van der Waals surface area contributed by atoms with E-state index in [1.807, 2.05) is 12.3 Å². The zero-order chi connectivity index (χ0) is 12.5. The van der Waals surface area contributed by atoms with Crippen LogP contribution in [-0.2, 0) is 13.0 Å². The zero-order valence-corrected chi connectivity index (χ0v) is 10.8. The topological polar surface area (TPSA) is 38.0 Å². The van der Waals surface area contributed by atoms with Crippen LogP contribution in [0.2, 0.25) is 5.02 Å². The van der Waals surface area contributed by atoms with Crippen LogP contribution < -0.4 is 0 Å². The molecule has 1 aliphatic rings. The number of aliphatic hydroxyl groups excluding tert-OH is 1. The van der Waals surface area contributed by atoms with E-state index in [9.17, 15) is 5.11 Å². The monoisotopic (exact) mass is 262 g/mol. The van der Waals surface area contributed by atoms with Gasteiger partial charge in [0, 0.05) is 36.9 Å². The van der Waals surface area contributed by atoms with Gasteiger partial charge < -0.3 is 9.67 Å². The first-order valence-corrected chi connectivity index (χ1v) is 6.57. The predicted octanol–water partition coefficient (Wildman–Crippen LogP) is 2.95. The van der Waals surface area contributed by atoms with Crippen molar-refractivity contribution in [3.05, 3.63) is 52.6 Å². The Balaban J connectivity index is 1.88. The number of aliphatic hydroxyl groups is 1. The third kappa shape index (κ3) is 2.16. The summed E-state index contributed by atoms with van der Waals surface area (Å²) in [6, 6.07) is 1.93. The van der Waals surface area contributed by atoms with Crippen LogP contribution in [-0.4, -0.2) is 14.7 Å². The minimum Gasteiger partial charge on any atom is -0.388 e. The fraction of sp³-hybridized carbons (Fsp3) is 0.357. The number of nitrogens with zero attached hydrogens (tertiary/aromatic N) is 2. The Labute approximate surface area is 111 Å². The van der Waals surface area contributed by atoms with Crippen molar-refractivity contribution in [3.63, 3.8) is 0 Å². The van der Waals surface area contributed by atoms with E-state index in [2.05, 4.69) is 15.7 Å². The van der Waals surface area contributed by atoms with Crippen molar-refractivity contribution in [2.45, 2.75) is 31.9 Å². The molecule has 18 heavy (non-hydrogen) atoms. The van der Waals surface area contributed by atoms with Gasteiger partial charge in [-0.25, -0.2) is 0 Å². The highest BCUT2D eigenvalue weighted by Crippen LogP contribution is 2.30. The van der Waals surface area contributed by atoms with E-state index in [1.54, 1.807) is 12.4 Å². The van der Waals surface area contributed by atoms with Gasteiger partial charge in [-0.15, -0.1) is 0 Å². The van der Waals surface area contributed by atoms with Gasteiger partial charge in [0.25, 0.3) is 0 Å². The lowest BCUT2D eigenvalue weighted by atomic mass is 9.93. The maximum absolute atomic E-state index is 9.95. The highest BCUT2D eigenvalue weighted by Gasteiger charge is 2.19. The second-order valence-corrected chi connectivity index (χ2v) is 5.19. The highest BCUT2D eigenvalue weighted by atomic mass is 35.5. The minimum atomic E-state index is -0.303. The molecular weight excluding hydrogens is 248 g/mol. The molecule has 1 aliphatic carbocycles. The first-order valence-electron chi connectivity index (χ1n) is 6.19. The van der Waals surface area contributed by atoms with Gasteiger partial charge in [-0.1, -0.05) is 11.6 Å². The average molecular weight is 263 g/mol. The molecule has 0 saturated carbocycles. The summed E-state index contributed by atoms with van der Waals surface area (Å²) in [5.41, 5.74) is 3.39. The smallest absolute Gasteiger partial charge is 0.0807 e. The van der Waals surface area contributed by atoms with Gasteiger partial charge in [0.1, 0.15) is 0 Å². The molecule has 2 heterocycles. The average Bonchev–Trinajstić information content (AvgIpc) is 2.76. The lowest BCUT2D eigenvalue weighted by Gasteiger charge is -2.16. The molecule has 1 N–H and O–H groups in total. The molecule has 0 saturated heterocycles. The molecule has 2 aromatic rings. The number of halogens is 1. The molecule has 3 rings (SSSR count). The number of pyridine rings is 1. The van der Waals surface area contributed by atoms with Crippen molar-refractivity contribution in [1.29, 1.82) is 0 Å². The number of hydrogen-bond acceptors (Lipinski definition) is 2. The first kappa shape index (κ1) is 11.8. The van der Waals surface area contributed by atoms with Crippen LogP contribution >= 0.6 is 11.6 Å². The molecule has 2 aromatic heterocycles. The number of fused-ring (bicyclic) bond motifs is 1. The van der Waals surface area contributed by atoms with E-state index in [-0.39, 0.29) is 6.10 Å². The van der Waals surface area contributed by atoms with Crippen LogP contribution in [0.4, 0.5) is 0 Å². The Kier molecular flexibility index (Phi) is 3.10. The van der Waals surface area contributed by atoms with Crippen LogP contribution in [0.1, 0.15) is 35.6 Å². The van der Waals surface area contributed by atoms with Gasteiger partial charge in [0.2, 0.25) is 0 Å². The van der Waals surface area contributed by atoms with E-state index in [4.69, 9.17) is 11.6 Å². The third-order valence-electron chi connectivity index (χ3n) is 3.49. The van der Waals surface area contributed by atoms with Gasteiger partial charge in [-0.2, -0.15) is 0 Å². The number of aryl methyl sites for hydroxylation is 1. The van der Waals surface area contributed by atoms with Crippen molar-refractivity contribution in [2.24, 2.45) is 0 Å². The highest BCUT2D eigenvalue weighted by molar-refractivity contribution is 6.31. The molecule has 0 radical (unpaired) electrons. The van der Waals surface area contributed by atoms with Crippen LogP contribution in [0.15, 0.2) is 30.9 Å². The third-order valence-corrected chi connectivity index (χ3v) is 3.83. The Hall–Kier alpha value is -1.32. The van der Waals surface area contributed by atoms with E-state index < -0.39 is 0 Å². The summed E-state index contributed by atoms with van der Waals surface area (Å²) in [4.78, 5) is 3.98. The Morgan fingerprint density at radius 1 is 1.44 bits per heavy atom. The molecule has 4 heteroatoms. The molecule has 94 valence electrons. The normalized spacial score (nSPS) is 18.7. The summed E-state index contributed by atoms with van der Waals surface area (Å²) in [6.45, 7) is 0.723. The lowest BCUT2D eigenvalue weighted by molar-refractivity contribution is 0.157.